The highest BCUT2D eigenvalue weighted by atomic mass is 32.2. The molecule has 2 atom stereocenters. The molecule has 2 N–H and O–H groups in total. The number of likely N-dealkylation sites (tertiary alicyclic amines) is 1. The summed E-state index contributed by atoms with van der Waals surface area (Å²) in [5.41, 5.74) is 6.36. The predicted molar refractivity (Wildman–Crippen MR) is 63.7 cm³/mol. The van der Waals surface area contributed by atoms with E-state index in [1.54, 1.807) is 0 Å². The molecule has 0 aromatic heterocycles. The average Bonchev–Trinajstić information content (AvgIpc) is 2.66. The Bertz CT molecular complexity index is 190. The molecule has 0 aromatic carbocycles. The Morgan fingerprint density at radius 3 is 2.93 bits per heavy atom. The number of hydrogen-bond donors (Lipinski definition) is 1. The lowest BCUT2D eigenvalue weighted by Crippen LogP contribution is -2.56. The van der Waals surface area contributed by atoms with Crippen molar-refractivity contribution in [2.45, 2.75) is 31.7 Å². The summed E-state index contributed by atoms with van der Waals surface area (Å²) in [5, 5.41) is 0. The summed E-state index contributed by atoms with van der Waals surface area (Å²) in [6.45, 7) is 5.77. The van der Waals surface area contributed by atoms with Gasteiger partial charge in [-0.15, -0.1) is 0 Å². The van der Waals surface area contributed by atoms with Crippen molar-refractivity contribution < 1.29 is 0 Å². The normalized spacial score (nSPS) is 40.3. The van der Waals surface area contributed by atoms with Crippen molar-refractivity contribution in [2.24, 2.45) is 11.7 Å². The van der Waals surface area contributed by atoms with Crippen molar-refractivity contribution in [3.63, 3.8) is 0 Å². The maximum atomic E-state index is 6.01. The molecule has 2 aliphatic rings. The third-order valence-electron chi connectivity index (χ3n) is 3.78. The molecule has 0 aromatic rings. The third kappa shape index (κ3) is 1.95. The summed E-state index contributed by atoms with van der Waals surface area (Å²) in [6.07, 6.45) is 4.04. The molecule has 2 nitrogen and oxygen atoms in total. The summed E-state index contributed by atoms with van der Waals surface area (Å²) >= 11 is 2.09. The Morgan fingerprint density at radius 1 is 1.57 bits per heavy atom. The van der Waals surface area contributed by atoms with E-state index in [1.807, 2.05) is 0 Å². The van der Waals surface area contributed by atoms with Crippen LogP contribution in [-0.2, 0) is 0 Å². The second kappa shape index (κ2) is 4.42. The summed E-state index contributed by atoms with van der Waals surface area (Å²) in [5.74, 6) is 3.48. The minimum absolute atomic E-state index is 0.355. The van der Waals surface area contributed by atoms with Crippen LogP contribution in [0.2, 0.25) is 0 Å². The van der Waals surface area contributed by atoms with E-state index in [9.17, 15) is 0 Å². The van der Waals surface area contributed by atoms with Gasteiger partial charge in [0.05, 0.1) is 0 Å². The van der Waals surface area contributed by atoms with Gasteiger partial charge in [0.25, 0.3) is 0 Å². The SMILES string of the molecule is CC1CCN(C2(CN)CCCSC2)C1. The van der Waals surface area contributed by atoms with Gasteiger partial charge in [0, 0.05) is 24.4 Å². The second-order valence-electron chi connectivity index (χ2n) is 4.92. The minimum atomic E-state index is 0.355. The Balaban J connectivity index is 2.03. The van der Waals surface area contributed by atoms with Gasteiger partial charge in [0.2, 0.25) is 0 Å². The van der Waals surface area contributed by atoms with Crippen LogP contribution in [0.15, 0.2) is 0 Å². The third-order valence-corrected chi connectivity index (χ3v) is 5.10. The van der Waals surface area contributed by atoms with Gasteiger partial charge in [-0.2, -0.15) is 11.8 Å². The first kappa shape index (κ1) is 10.8. The van der Waals surface area contributed by atoms with Crippen LogP contribution in [0.3, 0.4) is 0 Å². The molecule has 2 aliphatic heterocycles. The fourth-order valence-electron chi connectivity index (χ4n) is 2.74. The highest BCUT2D eigenvalue weighted by molar-refractivity contribution is 7.99. The van der Waals surface area contributed by atoms with E-state index in [1.165, 1.54) is 43.9 Å². The topological polar surface area (TPSA) is 29.3 Å². The van der Waals surface area contributed by atoms with Gasteiger partial charge in [-0.05, 0) is 37.5 Å². The molecule has 0 saturated carbocycles. The molecule has 2 unspecified atom stereocenters. The lowest BCUT2D eigenvalue weighted by atomic mass is 9.93. The summed E-state index contributed by atoms with van der Waals surface area (Å²) in [6, 6.07) is 0. The highest BCUT2D eigenvalue weighted by Crippen LogP contribution is 2.34. The predicted octanol–water partition coefficient (Wildman–Crippen LogP) is 1.55. The first-order valence-electron chi connectivity index (χ1n) is 5.80. The number of nitrogens with two attached hydrogens (primary N) is 1. The van der Waals surface area contributed by atoms with Gasteiger partial charge < -0.3 is 5.73 Å². The van der Waals surface area contributed by atoms with E-state index in [2.05, 4.69) is 23.6 Å². The maximum absolute atomic E-state index is 6.01. The zero-order valence-electron chi connectivity index (χ0n) is 9.17. The Hall–Kier alpha value is 0.270. The smallest absolute Gasteiger partial charge is 0.0422 e. The van der Waals surface area contributed by atoms with Crippen molar-refractivity contribution in [2.75, 3.05) is 31.1 Å². The van der Waals surface area contributed by atoms with Crippen LogP contribution in [0.1, 0.15) is 26.2 Å². The molecule has 2 saturated heterocycles. The first-order valence-corrected chi connectivity index (χ1v) is 6.95. The average molecular weight is 214 g/mol. The van der Waals surface area contributed by atoms with Gasteiger partial charge in [0.1, 0.15) is 0 Å². The van der Waals surface area contributed by atoms with Crippen LogP contribution in [0.4, 0.5) is 0 Å². The van der Waals surface area contributed by atoms with Gasteiger partial charge in [-0.3, -0.25) is 4.90 Å². The molecule has 2 heterocycles. The number of rotatable bonds is 2. The van der Waals surface area contributed by atoms with Crippen molar-refractivity contribution >= 4 is 11.8 Å². The quantitative estimate of drug-likeness (QED) is 0.756. The standard InChI is InChI=1S/C11H22N2S/c1-10-3-5-13(7-10)11(8-12)4-2-6-14-9-11/h10H,2-9,12H2,1H3. The van der Waals surface area contributed by atoms with Crippen molar-refractivity contribution in [3.05, 3.63) is 0 Å². The van der Waals surface area contributed by atoms with E-state index in [-0.39, 0.29) is 0 Å². The lowest BCUT2D eigenvalue weighted by molar-refractivity contribution is 0.129. The molecule has 2 rings (SSSR count). The van der Waals surface area contributed by atoms with Gasteiger partial charge in [-0.1, -0.05) is 6.92 Å². The molecule has 0 radical (unpaired) electrons. The molecule has 0 spiro atoms. The van der Waals surface area contributed by atoms with E-state index >= 15 is 0 Å². The highest BCUT2D eigenvalue weighted by Gasteiger charge is 2.39. The largest absolute Gasteiger partial charge is 0.329 e. The summed E-state index contributed by atoms with van der Waals surface area (Å²) in [7, 11) is 0. The van der Waals surface area contributed by atoms with Crippen molar-refractivity contribution in [1.82, 2.24) is 4.90 Å². The molecule has 0 aliphatic carbocycles. The molecular weight excluding hydrogens is 192 g/mol. The molecule has 0 bridgehead atoms. The van der Waals surface area contributed by atoms with E-state index in [0.717, 1.165) is 12.5 Å². The monoisotopic (exact) mass is 214 g/mol. The number of thioether (sulfide) groups is 1. The minimum Gasteiger partial charge on any atom is -0.329 e. The van der Waals surface area contributed by atoms with Crippen LogP contribution >= 0.6 is 11.8 Å². The lowest BCUT2D eigenvalue weighted by Gasteiger charge is -2.43. The van der Waals surface area contributed by atoms with E-state index < -0.39 is 0 Å². The van der Waals surface area contributed by atoms with Crippen molar-refractivity contribution in [3.8, 4) is 0 Å². The zero-order valence-corrected chi connectivity index (χ0v) is 9.98. The molecule has 14 heavy (non-hydrogen) atoms. The number of hydrogen-bond acceptors (Lipinski definition) is 3. The fourth-order valence-corrected chi connectivity index (χ4v) is 4.06. The van der Waals surface area contributed by atoms with Gasteiger partial charge >= 0.3 is 0 Å². The fraction of sp³-hybridized carbons (Fsp3) is 1.00. The molecule has 82 valence electrons. The number of nitrogens with zero attached hydrogens (tertiary/aromatic N) is 1. The van der Waals surface area contributed by atoms with Gasteiger partial charge in [0.15, 0.2) is 0 Å². The summed E-state index contributed by atoms with van der Waals surface area (Å²) in [4.78, 5) is 2.67. The molecular formula is C11H22N2S. The first-order chi connectivity index (χ1) is 6.77. The second-order valence-corrected chi connectivity index (χ2v) is 6.03. The Kier molecular flexibility index (Phi) is 3.40. The molecule has 0 amide bonds. The van der Waals surface area contributed by atoms with Crippen LogP contribution in [0, 0.1) is 5.92 Å². The van der Waals surface area contributed by atoms with Crippen LogP contribution < -0.4 is 5.73 Å². The molecule has 2 fully saturated rings. The van der Waals surface area contributed by atoms with Crippen LogP contribution in [0.5, 0.6) is 0 Å². The summed E-state index contributed by atoms with van der Waals surface area (Å²) < 4.78 is 0. The molecule has 3 heteroatoms. The van der Waals surface area contributed by atoms with Crippen LogP contribution in [0.25, 0.3) is 0 Å². The Labute approximate surface area is 91.6 Å². The van der Waals surface area contributed by atoms with Crippen LogP contribution in [-0.4, -0.2) is 41.6 Å². The maximum Gasteiger partial charge on any atom is 0.0422 e. The van der Waals surface area contributed by atoms with E-state index in [0.29, 0.717) is 5.54 Å². The Morgan fingerprint density at radius 2 is 2.43 bits per heavy atom. The van der Waals surface area contributed by atoms with Crippen molar-refractivity contribution in [1.29, 1.82) is 0 Å². The zero-order chi connectivity index (χ0) is 10.0. The van der Waals surface area contributed by atoms with Gasteiger partial charge in [-0.25, -0.2) is 0 Å². The van der Waals surface area contributed by atoms with E-state index in [4.69, 9.17) is 5.73 Å².